The van der Waals surface area contributed by atoms with Crippen LogP contribution in [0.3, 0.4) is 0 Å². The Morgan fingerprint density at radius 3 is 2.87 bits per heavy atom. The van der Waals surface area contributed by atoms with Crippen LogP contribution in [0, 0.1) is 5.92 Å². The van der Waals surface area contributed by atoms with Gasteiger partial charge in [-0.15, -0.1) is 0 Å². The lowest BCUT2D eigenvalue weighted by molar-refractivity contribution is -0.137. The minimum Gasteiger partial charge on any atom is -0.481 e. The summed E-state index contributed by atoms with van der Waals surface area (Å²) in [6.45, 7) is 5.87. The van der Waals surface area contributed by atoms with Crippen LogP contribution in [-0.4, -0.2) is 36.4 Å². The Balaban J connectivity index is 2.25. The molecule has 0 saturated carbocycles. The molecule has 0 bridgehead atoms. The summed E-state index contributed by atoms with van der Waals surface area (Å²) in [4.78, 5) is 10.4. The molecule has 4 nitrogen and oxygen atoms in total. The Morgan fingerprint density at radius 2 is 2.27 bits per heavy atom. The third-order valence-corrected chi connectivity index (χ3v) is 2.63. The van der Waals surface area contributed by atoms with Gasteiger partial charge in [-0.1, -0.05) is 0 Å². The SMILES string of the molecule is CC(C)O[C@H]1CNC[C@H](CCC(=O)O)C1. The van der Waals surface area contributed by atoms with Crippen LogP contribution in [0.15, 0.2) is 0 Å². The van der Waals surface area contributed by atoms with E-state index in [0.717, 1.165) is 25.9 Å². The van der Waals surface area contributed by atoms with Crippen LogP contribution < -0.4 is 5.32 Å². The van der Waals surface area contributed by atoms with E-state index >= 15 is 0 Å². The summed E-state index contributed by atoms with van der Waals surface area (Å²) in [5.41, 5.74) is 0. The Morgan fingerprint density at radius 1 is 1.53 bits per heavy atom. The van der Waals surface area contributed by atoms with E-state index in [1.807, 2.05) is 13.8 Å². The second-order valence-electron chi connectivity index (χ2n) is 4.50. The normalized spacial score (nSPS) is 26.9. The predicted octanol–water partition coefficient (Wildman–Crippen LogP) is 1.25. The van der Waals surface area contributed by atoms with Gasteiger partial charge in [0.05, 0.1) is 12.2 Å². The summed E-state index contributed by atoms with van der Waals surface area (Å²) >= 11 is 0. The van der Waals surface area contributed by atoms with E-state index in [1.165, 1.54) is 0 Å². The zero-order valence-corrected chi connectivity index (χ0v) is 9.53. The van der Waals surface area contributed by atoms with E-state index in [1.54, 1.807) is 0 Å². The van der Waals surface area contributed by atoms with Gasteiger partial charge in [-0.3, -0.25) is 4.79 Å². The summed E-state index contributed by atoms with van der Waals surface area (Å²) in [5.74, 6) is -0.263. The lowest BCUT2D eigenvalue weighted by atomic mass is 9.93. The maximum absolute atomic E-state index is 10.4. The molecule has 1 heterocycles. The van der Waals surface area contributed by atoms with Crippen molar-refractivity contribution in [2.75, 3.05) is 13.1 Å². The summed E-state index contributed by atoms with van der Waals surface area (Å²) in [5, 5.41) is 11.9. The topological polar surface area (TPSA) is 58.6 Å². The zero-order chi connectivity index (χ0) is 11.3. The first-order valence-electron chi connectivity index (χ1n) is 5.66. The highest BCUT2D eigenvalue weighted by Gasteiger charge is 2.23. The van der Waals surface area contributed by atoms with Gasteiger partial charge in [0.2, 0.25) is 0 Å². The number of ether oxygens (including phenoxy) is 1. The van der Waals surface area contributed by atoms with E-state index in [-0.39, 0.29) is 18.6 Å². The molecule has 0 radical (unpaired) electrons. The Labute approximate surface area is 91.0 Å². The first-order chi connectivity index (χ1) is 7.08. The molecule has 0 spiro atoms. The van der Waals surface area contributed by atoms with Crippen molar-refractivity contribution in [2.45, 2.75) is 45.3 Å². The first kappa shape index (κ1) is 12.5. The molecule has 1 saturated heterocycles. The van der Waals surface area contributed by atoms with Gasteiger partial charge in [-0.05, 0) is 39.2 Å². The number of rotatable bonds is 5. The molecule has 1 fully saturated rings. The maximum Gasteiger partial charge on any atom is 0.303 e. The van der Waals surface area contributed by atoms with Crippen molar-refractivity contribution < 1.29 is 14.6 Å². The number of carbonyl (C=O) groups is 1. The molecule has 1 aliphatic heterocycles. The van der Waals surface area contributed by atoms with Gasteiger partial charge >= 0.3 is 5.97 Å². The molecular weight excluding hydrogens is 194 g/mol. The number of carboxylic acid groups (broad SMARTS) is 1. The standard InChI is InChI=1S/C11H21NO3/c1-8(2)15-10-5-9(6-12-7-10)3-4-11(13)14/h8-10,12H,3-7H2,1-2H3,(H,13,14)/t9-,10-/m1/s1. The van der Waals surface area contributed by atoms with Crippen LogP contribution in [0.4, 0.5) is 0 Å². The highest BCUT2D eigenvalue weighted by atomic mass is 16.5. The average molecular weight is 215 g/mol. The highest BCUT2D eigenvalue weighted by molar-refractivity contribution is 5.66. The predicted molar refractivity (Wildman–Crippen MR) is 57.9 cm³/mol. The van der Waals surface area contributed by atoms with Gasteiger partial charge in [-0.2, -0.15) is 0 Å². The fourth-order valence-corrected chi connectivity index (χ4v) is 2.02. The molecule has 2 N–H and O–H groups in total. The quantitative estimate of drug-likeness (QED) is 0.724. The molecule has 0 aromatic heterocycles. The van der Waals surface area contributed by atoms with Crippen molar-refractivity contribution in [3.05, 3.63) is 0 Å². The molecule has 0 aromatic rings. The van der Waals surface area contributed by atoms with Crippen molar-refractivity contribution in [1.82, 2.24) is 5.32 Å². The number of carboxylic acids is 1. The molecule has 4 heteroatoms. The van der Waals surface area contributed by atoms with E-state index in [2.05, 4.69) is 5.32 Å². The lowest BCUT2D eigenvalue weighted by Crippen LogP contribution is -2.41. The van der Waals surface area contributed by atoms with Gasteiger partial charge in [0, 0.05) is 13.0 Å². The molecule has 2 atom stereocenters. The minimum absolute atomic E-state index is 0.245. The minimum atomic E-state index is -0.707. The highest BCUT2D eigenvalue weighted by Crippen LogP contribution is 2.19. The van der Waals surface area contributed by atoms with Gasteiger partial charge in [-0.25, -0.2) is 0 Å². The van der Waals surface area contributed by atoms with E-state index in [9.17, 15) is 4.79 Å². The molecular formula is C11H21NO3. The van der Waals surface area contributed by atoms with Crippen LogP contribution >= 0.6 is 0 Å². The van der Waals surface area contributed by atoms with Crippen molar-refractivity contribution in [2.24, 2.45) is 5.92 Å². The summed E-state index contributed by atoms with van der Waals surface area (Å²) < 4.78 is 5.72. The number of piperidine rings is 1. The van der Waals surface area contributed by atoms with Gasteiger partial charge in [0.15, 0.2) is 0 Å². The molecule has 0 unspecified atom stereocenters. The van der Waals surface area contributed by atoms with Gasteiger partial charge in [0.25, 0.3) is 0 Å². The van der Waals surface area contributed by atoms with Crippen LogP contribution in [0.1, 0.15) is 33.1 Å². The van der Waals surface area contributed by atoms with Crippen LogP contribution in [0.2, 0.25) is 0 Å². The van der Waals surface area contributed by atoms with E-state index in [4.69, 9.17) is 9.84 Å². The lowest BCUT2D eigenvalue weighted by Gasteiger charge is -2.31. The number of hydrogen-bond acceptors (Lipinski definition) is 3. The third kappa shape index (κ3) is 5.14. The van der Waals surface area contributed by atoms with Gasteiger partial charge in [0.1, 0.15) is 0 Å². The van der Waals surface area contributed by atoms with E-state index < -0.39 is 5.97 Å². The molecule has 1 aliphatic rings. The van der Waals surface area contributed by atoms with E-state index in [0.29, 0.717) is 5.92 Å². The Bertz CT molecular complexity index is 206. The second kappa shape index (κ2) is 6.08. The smallest absolute Gasteiger partial charge is 0.303 e. The first-order valence-corrected chi connectivity index (χ1v) is 5.66. The monoisotopic (exact) mass is 215 g/mol. The zero-order valence-electron chi connectivity index (χ0n) is 9.53. The summed E-state index contributed by atoms with van der Waals surface area (Å²) in [6, 6.07) is 0. The largest absolute Gasteiger partial charge is 0.481 e. The van der Waals surface area contributed by atoms with Crippen LogP contribution in [-0.2, 0) is 9.53 Å². The molecule has 1 rings (SSSR count). The number of hydrogen-bond donors (Lipinski definition) is 2. The Hall–Kier alpha value is -0.610. The summed E-state index contributed by atoms with van der Waals surface area (Å²) in [6.07, 6.45) is 2.49. The number of aliphatic carboxylic acids is 1. The average Bonchev–Trinajstić information content (AvgIpc) is 2.14. The molecule has 0 aromatic carbocycles. The second-order valence-corrected chi connectivity index (χ2v) is 4.50. The number of nitrogens with one attached hydrogen (secondary N) is 1. The molecule has 15 heavy (non-hydrogen) atoms. The maximum atomic E-state index is 10.4. The summed E-state index contributed by atoms with van der Waals surface area (Å²) in [7, 11) is 0. The Kier molecular flexibility index (Phi) is 5.05. The van der Waals surface area contributed by atoms with Crippen molar-refractivity contribution in [1.29, 1.82) is 0 Å². The molecule has 0 amide bonds. The van der Waals surface area contributed by atoms with Crippen molar-refractivity contribution >= 4 is 5.97 Å². The third-order valence-electron chi connectivity index (χ3n) is 2.63. The van der Waals surface area contributed by atoms with Crippen LogP contribution in [0.5, 0.6) is 0 Å². The molecule has 88 valence electrons. The van der Waals surface area contributed by atoms with Gasteiger partial charge < -0.3 is 15.2 Å². The van der Waals surface area contributed by atoms with Crippen LogP contribution in [0.25, 0.3) is 0 Å². The van der Waals surface area contributed by atoms with Crippen molar-refractivity contribution in [3.8, 4) is 0 Å². The fraction of sp³-hybridized carbons (Fsp3) is 0.909. The fourth-order valence-electron chi connectivity index (χ4n) is 2.02. The molecule has 0 aliphatic carbocycles. The van der Waals surface area contributed by atoms with Crippen molar-refractivity contribution in [3.63, 3.8) is 0 Å².